The minimum Gasteiger partial charge on any atom is -0.472 e. The van der Waals surface area contributed by atoms with Crippen LogP contribution in [0.1, 0.15) is 52.4 Å². The first-order valence-corrected chi connectivity index (χ1v) is 18.5. The van der Waals surface area contributed by atoms with Crippen LogP contribution in [0.4, 0.5) is 4.79 Å². The Balaban J connectivity index is 0.000000303. The molecule has 0 spiro atoms. The summed E-state index contributed by atoms with van der Waals surface area (Å²) >= 11 is 6.04. The molecular weight excluding hydrogens is 484 g/mol. The van der Waals surface area contributed by atoms with Gasteiger partial charge in [0.2, 0.25) is 9.04 Å². The molecule has 3 aliphatic heterocycles. The first-order chi connectivity index (χ1) is 15.4. The van der Waals surface area contributed by atoms with Crippen molar-refractivity contribution < 1.29 is 32.3 Å². The van der Waals surface area contributed by atoms with Gasteiger partial charge in [-0.2, -0.15) is 0 Å². The number of esters is 1. The summed E-state index contributed by atoms with van der Waals surface area (Å²) in [6.07, 6.45) is 6.93. The van der Waals surface area contributed by atoms with Gasteiger partial charge in [0.15, 0.2) is 9.04 Å². The van der Waals surface area contributed by atoms with Crippen molar-refractivity contribution in [2.24, 2.45) is 5.92 Å². The molecule has 3 saturated heterocycles. The van der Waals surface area contributed by atoms with E-state index >= 15 is 0 Å². The van der Waals surface area contributed by atoms with E-state index in [1.54, 1.807) is 0 Å². The summed E-state index contributed by atoms with van der Waals surface area (Å²) in [6.45, 7) is 6.45. The molecule has 3 aliphatic rings. The summed E-state index contributed by atoms with van der Waals surface area (Å²) in [7, 11) is -2.92. The molecule has 0 aromatic heterocycles. The Labute approximate surface area is 203 Å². The van der Waals surface area contributed by atoms with Crippen LogP contribution in [-0.4, -0.2) is 76.7 Å². The summed E-state index contributed by atoms with van der Waals surface area (Å²) in [4.78, 5) is 23.4. The second-order valence-electron chi connectivity index (χ2n) is 9.33. The molecule has 3 heterocycles. The molecule has 0 saturated carbocycles. The van der Waals surface area contributed by atoms with E-state index in [0.717, 1.165) is 69.7 Å². The van der Waals surface area contributed by atoms with Gasteiger partial charge in [0, 0.05) is 25.7 Å². The molecule has 3 rings (SSSR count). The van der Waals surface area contributed by atoms with Crippen molar-refractivity contribution in [2.45, 2.75) is 81.8 Å². The Morgan fingerprint density at radius 1 is 0.938 bits per heavy atom. The van der Waals surface area contributed by atoms with E-state index in [1.807, 2.05) is 13.8 Å². The second-order valence-corrected chi connectivity index (χ2v) is 17.9. The van der Waals surface area contributed by atoms with Gasteiger partial charge in [-0.3, -0.25) is 9.59 Å². The van der Waals surface area contributed by atoms with E-state index in [1.165, 1.54) is 20.0 Å². The lowest BCUT2D eigenvalue weighted by Gasteiger charge is -2.36. The Kier molecular flexibility index (Phi) is 13.0. The topological polar surface area (TPSA) is 80.3 Å². The second kappa shape index (κ2) is 14.9. The fraction of sp³-hybridized carbons (Fsp3) is 0.905. The van der Waals surface area contributed by atoms with Gasteiger partial charge in [-0.1, -0.05) is 19.3 Å². The van der Waals surface area contributed by atoms with E-state index in [4.69, 9.17) is 29.6 Å². The molecule has 4 unspecified atom stereocenters. The lowest BCUT2D eigenvalue weighted by Crippen LogP contribution is -2.49. The zero-order chi connectivity index (χ0) is 23.4. The lowest BCUT2D eigenvalue weighted by molar-refractivity contribution is -0.155. The van der Waals surface area contributed by atoms with E-state index in [2.05, 4.69) is 4.74 Å². The summed E-state index contributed by atoms with van der Waals surface area (Å²) in [5.74, 6) is -0.0360. The van der Waals surface area contributed by atoms with Gasteiger partial charge in [-0.25, -0.2) is 0 Å². The molecule has 0 radical (unpaired) electrons. The maximum absolute atomic E-state index is 12.5. The summed E-state index contributed by atoms with van der Waals surface area (Å²) in [5.41, 5.74) is -0.0975. The minimum absolute atomic E-state index is 0.0975. The molecule has 0 aliphatic carbocycles. The number of carbonyl (C=O) groups is 2. The molecule has 0 aromatic carbocycles. The van der Waals surface area contributed by atoms with Crippen molar-refractivity contribution >= 4 is 50.3 Å². The van der Waals surface area contributed by atoms with Crippen LogP contribution in [0.5, 0.6) is 0 Å². The standard InChI is InChI=1S/C15H29ClO4Si2.C6H12O3Si/c1-15(2,22-10-6-4-8-19-22)20-14(17)13(11-16)12-21-9-5-3-7-18-21;1-8-6(7)10-5-3-2-4-9-10/h13,21-22H,3-12H2,1-2H3;10H,2-5H2,1H3. The maximum Gasteiger partial charge on any atom is 0.310 e. The Bertz CT molecular complexity index is 564. The van der Waals surface area contributed by atoms with Crippen LogP contribution in [-0.2, 0) is 27.5 Å². The van der Waals surface area contributed by atoms with E-state index in [-0.39, 0.29) is 17.5 Å². The molecule has 32 heavy (non-hydrogen) atoms. The zero-order valence-corrected chi connectivity index (χ0v) is 24.2. The third-order valence-corrected chi connectivity index (χ3v) is 15.1. The van der Waals surface area contributed by atoms with Gasteiger partial charge >= 0.3 is 15.0 Å². The number of ether oxygens (including phenoxy) is 2. The molecule has 186 valence electrons. The smallest absolute Gasteiger partial charge is 0.310 e. The third-order valence-electron chi connectivity index (χ3n) is 6.30. The van der Waals surface area contributed by atoms with Crippen molar-refractivity contribution in [2.75, 3.05) is 32.8 Å². The number of hydrogen-bond donors (Lipinski definition) is 0. The zero-order valence-electron chi connectivity index (χ0n) is 19.9. The highest BCUT2D eigenvalue weighted by atomic mass is 35.5. The normalized spacial score (nSPS) is 27.4. The molecule has 11 heteroatoms. The largest absolute Gasteiger partial charge is 0.472 e. The Hall–Kier alpha value is -0.239. The van der Waals surface area contributed by atoms with Crippen LogP contribution in [0, 0.1) is 5.92 Å². The number of hydrogen-bond acceptors (Lipinski definition) is 7. The molecule has 7 nitrogen and oxygen atoms in total. The van der Waals surface area contributed by atoms with Crippen LogP contribution in [0.15, 0.2) is 0 Å². The summed E-state index contributed by atoms with van der Waals surface area (Å²) in [5, 5.41) is -0.448. The monoisotopic (exact) mass is 524 g/mol. The number of carbonyl (C=O) groups excluding carboxylic acids is 2. The molecule has 0 bridgehead atoms. The predicted molar refractivity (Wildman–Crippen MR) is 133 cm³/mol. The number of halogens is 1. The number of rotatable bonds is 7. The SMILES string of the molecule is CC(C)(OC(=O)C(CCl)C[SiH]1CCCCO1)[SiH]1CCCCO1.COC(=O)[SiH]1CCCCO1. The Morgan fingerprint density at radius 3 is 2.06 bits per heavy atom. The Morgan fingerprint density at radius 2 is 1.56 bits per heavy atom. The highest BCUT2D eigenvalue weighted by Crippen LogP contribution is 2.27. The molecular formula is C21H41ClO7Si3. The first kappa shape index (κ1) is 28.0. The maximum atomic E-state index is 12.5. The predicted octanol–water partition coefficient (Wildman–Crippen LogP) is 3.64. The van der Waals surface area contributed by atoms with Gasteiger partial charge in [-0.15, -0.1) is 11.6 Å². The summed E-state index contributed by atoms with van der Waals surface area (Å²) < 4.78 is 27.5. The lowest BCUT2D eigenvalue weighted by atomic mass is 10.2. The van der Waals surface area contributed by atoms with Crippen LogP contribution in [0.2, 0.25) is 24.2 Å². The molecule has 0 aromatic rings. The van der Waals surface area contributed by atoms with Crippen molar-refractivity contribution in [3.8, 4) is 0 Å². The van der Waals surface area contributed by atoms with E-state index < -0.39 is 32.3 Å². The average Bonchev–Trinajstić information content (AvgIpc) is 2.84. The van der Waals surface area contributed by atoms with Gasteiger partial charge in [0.25, 0.3) is 5.59 Å². The van der Waals surface area contributed by atoms with Crippen molar-refractivity contribution in [3.05, 3.63) is 0 Å². The number of methoxy groups -OCH3 is 1. The third kappa shape index (κ3) is 9.55. The first-order valence-electron chi connectivity index (χ1n) is 12.1. The van der Waals surface area contributed by atoms with Gasteiger partial charge < -0.3 is 22.8 Å². The van der Waals surface area contributed by atoms with Crippen LogP contribution in [0.25, 0.3) is 0 Å². The van der Waals surface area contributed by atoms with Crippen molar-refractivity contribution in [3.63, 3.8) is 0 Å². The molecule has 4 atom stereocenters. The van der Waals surface area contributed by atoms with Crippen LogP contribution < -0.4 is 0 Å². The van der Waals surface area contributed by atoms with Crippen molar-refractivity contribution in [1.82, 2.24) is 0 Å². The van der Waals surface area contributed by atoms with Crippen molar-refractivity contribution in [1.29, 1.82) is 0 Å². The highest BCUT2D eigenvalue weighted by Gasteiger charge is 2.39. The highest BCUT2D eigenvalue weighted by molar-refractivity contribution is 6.83. The van der Waals surface area contributed by atoms with Gasteiger partial charge in [0.05, 0.1) is 13.0 Å². The minimum atomic E-state index is -1.58. The molecule has 3 fully saturated rings. The van der Waals surface area contributed by atoms with E-state index in [9.17, 15) is 9.59 Å². The number of alkyl halides is 1. The van der Waals surface area contributed by atoms with E-state index in [0.29, 0.717) is 5.88 Å². The van der Waals surface area contributed by atoms with Gasteiger partial charge in [-0.05, 0) is 57.3 Å². The fourth-order valence-electron chi connectivity index (χ4n) is 4.29. The fourth-order valence-corrected chi connectivity index (χ4v) is 12.1. The van der Waals surface area contributed by atoms with Crippen LogP contribution >= 0.6 is 11.6 Å². The van der Waals surface area contributed by atoms with Crippen LogP contribution in [0.3, 0.4) is 0 Å². The van der Waals surface area contributed by atoms with Gasteiger partial charge in [0.1, 0.15) is 5.22 Å². The summed E-state index contributed by atoms with van der Waals surface area (Å²) in [6, 6.07) is 4.01. The average molecular weight is 525 g/mol. The molecule has 0 amide bonds. The molecule has 0 N–H and O–H groups in total. The quantitative estimate of drug-likeness (QED) is 0.285.